The SMILES string of the molecule is CCCC(C(=O)OCC)c1cnn(CCC)c1. The Hall–Kier alpha value is -1.32. The molecule has 4 heteroatoms. The van der Waals surface area contributed by atoms with Gasteiger partial charge in [0.25, 0.3) is 0 Å². The molecule has 17 heavy (non-hydrogen) atoms. The third-order valence-electron chi connectivity index (χ3n) is 2.66. The highest BCUT2D eigenvalue weighted by atomic mass is 16.5. The number of carbonyl (C=O) groups excluding carboxylic acids is 1. The van der Waals surface area contributed by atoms with Gasteiger partial charge in [0.2, 0.25) is 0 Å². The van der Waals surface area contributed by atoms with Crippen molar-refractivity contribution in [3.63, 3.8) is 0 Å². The minimum Gasteiger partial charge on any atom is -0.466 e. The number of carbonyl (C=O) groups is 1. The zero-order valence-corrected chi connectivity index (χ0v) is 11.0. The van der Waals surface area contributed by atoms with Gasteiger partial charge in [-0.05, 0) is 19.8 Å². The first-order chi connectivity index (χ1) is 8.22. The van der Waals surface area contributed by atoms with Crippen LogP contribution in [0.4, 0.5) is 0 Å². The molecule has 0 aromatic carbocycles. The smallest absolute Gasteiger partial charge is 0.313 e. The molecule has 0 aliphatic rings. The van der Waals surface area contributed by atoms with Crippen molar-refractivity contribution in [2.24, 2.45) is 0 Å². The number of esters is 1. The van der Waals surface area contributed by atoms with Crippen molar-refractivity contribution in [2.75, 3.05) is 6.61 Å². The van der Waals surface area contributed by atoms with Gasteiger partial charge in [-0.15, -0.1) is 0 Å². The lowest BCUT2D eigenvalue weighted by Crippen LogP contribution is -2.15. The summed E-state index contributed by atoms with van der Waals surface area (Å²) in [7, 11) is 0. The van der Waals surface area contributed by atoms with E-state index in [-0.39, 0.29) is 11.9 Å². The van der Waals surface area contributed by atoms with Gasteiger partial charge in [-0.3, -0.25) is 9.48 Å². The average Bonchev–Trinajstić information content (AvgIpc) is 2.75. The summed E-state index contributed by atoms with van der Waals surface area (Å²) in [5.74, 6) is -0.295. The Bertz CT molecular complexity index is 347. The Balaban J connectivity index is 2.77. The fraction of sp³-hybridized carbons (Fsp3) is 0.692. The molecule has 1 atom stereocenters. The highest BCUT2D eigenvalue weighted by molar-refractivity contribution is 5.77. The van der Waals surface area contributed by atoms with Gasteiger partial charge in [0.1, 0.15) is 0 Å². The molecule has 0 radical (unpaired) electrons. The topological polar surface area (TPSA) is 44.1 Å². The molecule has 0 saturated carbocycles. The lowest BCUT2D eigenvalue weighted by Gasteiger charge is -2.12. The predicted molar refractivity (Wildman–Crippen MR) is 66.8 cm³/mol. The third-order valence-corrected chi connectivity index (χ3v) is 2.66. The molecule has 0 aliphatic carbocycles. The van der Waals surface area contributed by atoms with Crippen LogP contribution >= 0.6 is 0 Å². The first-order valence-corrected chi connectivity index (χ1v) is 6.41. The maximum atomic E-state index is 11.8. The molecular formula is C13H22N2O2. The maximum absolute atomic E-state index is 11.8. The van der Waals surface area contributed by atoms with Crippen LogP contribution in [0.1, 0.15) is 51.5 Å². The Kier molecular flexibility index (Phi) is 5.73. The standard InChI is InChI=1S/C13H22N2O2/c1-4-7-12(13(16)17-6-3)11-9-14-15(10-11)8-5-2/h9-10,12H,4-8H2,1-3H3. The van der Waals surface area contributed by atoms with Crippen molar-refractivity contribution in [3.05, 3.63) is 18.0 Å². The minimum absolute atomic E-state index is 0.134. The highest BCUT2D eigenvalue weighted by Gasteiger charge is 2.22. The largest absolute Gasteiger partial charge is 0.466 e. The number of aryl methyl sites for hydroxylation is 1. The first-order valence-electron chi connectivity index (χ1n) is 6.41. The quantitative estimate of drug-likeness (QED) is 0.686. The maximum Gasteiger partial charge on any atom is 0.313 e. The van der Waals surface area contributed by atoms with E-state index in [1.807, 2.05) is 17.8 Å². The summed E-state index contributed by atoms with van der Waals surface area (Å²) in [6.07, 6.45) is 6.56. The second kappa shape index (κ2) is 7.09. The molecule has 1 unspecified atom stereocenters. The normalized spacial score (nSPS) is 12.4. The van der Waals surface area contributed by atoms with Crippen LogP contribution in [0.3, 0.4) is 0 Å². The lowest BCUT2D eigenvalue weighted by molar-refractivity contribution is -0.145. The number of rotatable bonds is 7. The number of ether oxygens (including phenoxy) is 1. The average molecular weight is 238 g/mol. The Labute approximate surface area is 103 Å². The van der Waals surface area contributed by atoms with E-state index in [1.165, 1.54) is 0 Å². The van der Waals surface area contributed by atoms with E-state index in [0.717, 1.165) is 31.4 Å². The van der Waals surface area contributed by atoms with Crippen LogP contribution < -0.4 is 0 Å². The number of nitrogens with zero attached hydrogens (tertiary/aromatic N) is 2. The van der Waals surface area contributed by atoms with Gasteiger partial charge in [-0.2, -0.15) is 5.10 Å². The van der Waals surface area contributed by atoms with E-state index in [2.05, 4.69) is 18.9 Å². The summed E-state index contributed by atoms with van der Waals surface area (Å²) in [5.41, 5.74) is 0.971. The van der Waals surface area contributed by atoms with Crippen molar-refractivity contribution < 1.29 is 9.53 Å². The molecule has 0 N–H and O–H groups in total. The Morgan fingerprint density at radius 2 is 2.18 bits per heavy atom. The van der Waals surface area contributed by atoms with Gasteiger partial charge in [0.15, 0.2) is 0 Å². The summed E-state index contributed by atoms with van der Waals surface area (Å²) in [6, 6.07) is 0. The molecule has 1 heterocycles. The molecule has 0 amide bonds. The van der Waals surface area contributed by atoms with Crippen LogP contribution in [0.15, 0.2) is 12.4 Å². The zero-order valence-electron chi connectivity index (χ0n) is 11.0. The van der Waals surface area contributed by atoms with Crippen LogP contribution in [0, 0.1) is 0 Å². The van der Waals surface area contributed by atoms with Crippen molar-refractivity contribution in [2.45, 2.75) is 52.5 Å². The van der Waals surface area contributed by atoms with Crippen molar-refractivity contribution in [1.29, 1.82) is 0 Å². The molecule has 1 aromatic rings. The van der Waals surface area contributed by atoms with E-state index >= 15 is 0 Å². The monoisotopic (exact) mass is 238 g/mol. The minimum atomic E-state index is -0.162. The fourth-order valence-electron chi connectivity index (χ4n) is 1.86. The van der Waals surface area contributed by atoms with Crippen LogP contribution in [0.2, 0.25) is 0 Å². The van der Waals surface area contributed by atoms with Crippen molar-refractivity contribution in [1.82, 2.24) is 9.78 Å². The van der Waals surface area contributed by atoms with Gasteiger partial charge >= 0.3 is 5.97 Å². The molecule has 0 fully saturated rings. The summed E-state index contributed by atoms with van der Waals surface area (Å²) in [5, 5.41) is 4.26. The molecule has 0 aliphatic heterocycles. The van der Waals surface area contributed by atoms with Crippen LogP contribution in [-0.2, 0) is 16.1 Å². The van der Waals surface area contributed by atoms with Gasteiger partial charge in [0, 0.05) is 18.3 Å². The molecule has 1 aromatic heterocycles. The predicted octanol–water partition coefficient (Wildman–Crippen LogP) is 2.74. The lowest BCUT2D eigenvalue weighted by atomic mass is 9.98. The summed E-state index contributed by atoms with van der Waals surface area (Å²) < 4.78 is 6.99. The van der Waals surface area contributed by atoms with Crippen LogP contribution in [0.5, 0.6) is 0 Å². The van der Waals surface area contributed by atoms with E-state index in [1.54, 1.807) is 6.20 Å². The summed E-state index contributed by atoms with van der Waals surface area (Å²) in [6.45, 7) is 7.34. The van der Waals surface area contributed by atoms with Gasteiger partial charge in [-0.25, -0.2) is 0 Å². The van der Waals surface area contributed by atoms with E-state index < -0.39 is 0 Å². The van der Waals surface area contributed by atoms with Crippen LogP contribution in [-0.4, -0.2) is 22.4 Å². The van der Waals surface area contributed by atoms with E-state index in [0.29, 0.717) is 6.61 Å². The zero-order chi connectivity index (χ0) is 12.7. The molecule has 0 bridgehead atoms. The molecule has 96 valence electrons. The van der Waals surface area contributed by atoms with Crippen LogP contribution in [0.25, 0.3) is 0 Å². The number of aromatic nitrogens is 2. The second-order valence-electron chi connectivity index (χ2n) is 4.13. The van der Waals surface area contributed by atoms with E-state index in [4.69, 9.17) is 4.74 Å². The summed E-state index contributed by atoms with van der Waals surface area (Å²) >= 11 is 0. The molecule has 0 spiro atoms. The van der Waals surface area contributed by atoms with Gasteiger partial charge in [0.05, 0.1) is 18.7 Å². The Morgan fingerprint density at radius 1 is 1.41 bits per heavy atom. The second-order valence-corrected chi connectivity index (χ2v) is 4.13. The van der Waals surface area contributed by atoms with Crippen molar-refractivity contribution in [3.8, 4) is 0 Å². The Morgan fingerprint density at radius 3 is 2.76 bits per heavy atom. The first kappa shape index (κ1) is 13.7. The molecule has 1 rings (SSSR count). The van der Waals surface area contributed by atoms with E-state index in [9.17, 15) is 4.79 Å². The third kappa shape index (κ3) is 3.88. The molecular weight excluding hydrogens is 216 g/mol. The highest BCUT2D eigenvalue weighted by Crippen LogP contribution is 2.22. The van der Waals surface area contributed by atoms with Gasteiger partial charge < -0.3 is 4.74 Å². The van der Waals surface area contributed by atoms with Crippen molar-refractivity contribution >= 4 is 5.97 Å². The number of hydrogen-bond acceptors (Lipinski definition) is 3. The summed E-state index contributed by atoms with van der Waals surface area (Å²) in [4.78, 5) is 11.8. The molecule has 4 nitrogen and oxygen atoms in total. The van der Waals surface area contributed by atoms with Gasteiger partial charge in [-0.1, -0.05) is 20.3 Å². The number of hydrogen-bond donors (Lipinski definition) is 0. The molecule has 0 saturated heterocycles. The fourth-order valence-corrected chi connectivity index (χ4v) is 1.86.